The smallest absolute Gasteiger partial charge is 0.245 e. The Balaban J connectivity index is 1.55. The first-order valence-electron chi connectivity index (χ1n) is 9.20. The van der Waals surface area contributed by atoms with Crippen LogP contribution in [0.1, 0.15) is 61.8 Å². The van der Waals surface area contributed by atoms with Crippen molar-refractivity contribution < 1.29 is 4.52 Å². The lowest BCUT2D eigenvalue weighted by atomic mass is 10.2. The van der Waals surface area contributed by atoms with E-state index in [1.165, 1.54) is 12.8 Å². The summed E-state index contributed by atoms with van der Waals surface area (Å²) in [7, 11) is 2.10. The molecule has 1 saturated carbocycles. The van der Waals surface area contributed by atoms with E-state index in [2.05, 4.69) is 51.0 Å². The predicted octanol–water partition coefficient (Wildman–Crippen LogP) is 1.75. The first-order valence-corrected chi connectivity index (χ1v) is 9.20. The highest BCUT2D eigenvalue weighted by Crippen LogP contribution is 2.39. The molecule has 2 aromatic rings. The van der Waals surface area contributed by atoms with E-state index in [1.54, 1.807) is 0 Å². The fourth-order valence-electron chi connectivity index (χ4n) is 3.27. The number of piperazine rings is 1. The molecule has 2 aromatic heterocycles. The normalized spacial score (nSPS) is 21.7. The average molecular weight is 343 g/mol. The number of aryl methyl sites for hydroxylation is 2. The van der Waals surface area contributed by atoms with Gasteiger partial charge in [0.05, 0.1) is 11.4 Å². The maximum Gasteiger partial charge on any atom is 0.245 e. The molecule has 0 N–H and O–H groups in total. The highest BCUT2D eigenvalue weighted by Gasteiger charge is 2.34. The van der Waals surface area contributed by atoms with Crippen LogP contribution in [0.25, 0.3) is 0 Å². The van der Waals surface area contributed by atoms with Crippen molar-refractivity contribution in [2.24, 2.45) is 0 Å². The van der Waals surface area contributed by atoms with E-state index in [1.807, 2.05) is 0 Å². The third kappa shape index (κ3) is 3.22. The summed E-state index contributed by atoms with van der Waals surface area (Å²) in [6.45, 7) is 6.69. The second-order valence-corrected chi connectivity index (χ2v) is 6.92. The van der Waals surface area contributed by atoms with Crippen LogP contribution in [-0.2, 0) is 12.8 Å². The Bertz CT molecular complexity index is 742. The molecule has 4 rings (SSSR count). The third-order valence-corrected chi connectivity index (χ3v) is 5.11. The van der Waals surface area contributed by atoms with Gasteiger partial charge in [-0.3, -0.25) is 4.90 Å². The van der Waals surface area contributed by atoms with Crippen LogP contribution in [0.3, 0.4) is 0 Å². The molecule has 1 unspecified atom stereocenters. The lowest BCUT2D eigenvalue weighted by molar-refractivity contribution is 0.176. The second kappa shape index (κ2) is 6.67. The van der Waals surface area contributed by atoms with E-state index in [0.717, 1.165) is 49.7 Å². The molecule has 1 aliphatic heterocycles. The van der Waals surface area contributed by atoms with Crippen LogP contribution in [0.15, 0.2) is 4.52 Å². The van der Waals surface area contributed by atoms with Gasteiger partial charge in [0, 0.05) is 25.6 Å². The Morgan fingerprint density at radius 1 is 1.04 bits per heavy atom. The molecule has 0 radical (unpaired) electrons. The van der Waals surface area contributed by atoms with Crippen LogP contribution < -0.4 is 4.90 Å². The molecule has 1 atom stereocenters. The van der Waals surface area contributed by atoms with Crippen molar-refractivity contribution >= 4 is 5.95 Å². The highest BCUT2D eigenvalue weighted by atomic mass is 16.5. The minimum Gasteiger partial charge on any atom is -0.338 e. The molecule has 0 spiro atoms. The van der Waals surface area contributed by atoms with Gasteiger partial charge >= 0.3 is 0 Å². The second-order valence-electron chi connectivity index (χ2n) is 6.92. The van der Waals surface area contributed by atoms with Crippen molar-refractivity contribution in [2.75, 3.05) is 31.6 Å². The van der Waals surface area contributed by atoms with Crippen molar-refractivity contribution in [1.82, 2.24) is 30.2 Å². The summed E-state index contributed by atoms with van der Waals surface area (Å²) in [5.74, 6) is 2.76. The minimum atomic E-state index is 0.0632. The number of rotatable bonds is 5. The quantitative estimate of drug-likeness (QED) is 0.812. The molecule has 0 amide bonds. The van der Waals surface area contributed by atoms with Gasteiger partial charge < -0.3 is 9.42 Å². The Labute approximate surface area is 147 Å². The van der Waals surface area contributed by atoms with Gasteiger partial charge in [-0.15, -0.1) is 5.10 Å². The number of hydrogen-bond donors (Lipinski definition) is 0. The molecule has 134 valence electrons. The highest BCUT2D eigenvalue weighted by molar-refractivity contribution is 5.32. The van der Waals surface area contributed by atoms with Gasteiger partial charge in [0.25, 0.3) is 0 Å². The summed E-state index contributed by atoms with van der Waals surface area (Å²) >= 11 is 0. The van der Waals surface area contributed by atoms with Gasteiger partial charge in [0.1, 0.15) is 6.04 Å². The van der Waals surface area contributed by atoms with E-state index in [0.29, 0.717) is 17.8 Å². The van der Waals surface area contributed by atoms with Gasteiger partial charge in [0.2, 0.25) is 11.8 Å². The Morgan fingerprint density at radius 2 is 1.84 bits per heavy atom. The zero-order valence-corrected chi connectivity index (χ0v) is 15.1. The lowest BCUT2D eigenvalue weighted by Gasteiger charge is -2.37. The molecule has 2 aliphatic rings. The first kappa shape index (κ1) is 16.4. The maximum atomic E-state index is 5.56. The lowest BCUT2D eigenvalue weighted by Crippen LogP contribution is -2.47. The van der Waals surface area contributed by atoms with Crippen molar-refractivity contribution in [1.29, 1.82) is 0 Å². The molecule has 0 bridgehead atoms. The molecular weight excluding hydrogens is 318 g/mol. The zero-order chi connectivity index (χ0) is 17.4. The molecule has 0 aromatic carbocycles. The monoisotopic (exact) mass is 343 g/mol. The largest absolute Gasteiger partial charge is 0.338 e. The molecule has 8 nitrogen and oxygen atoms in total. The Morgan fingerprint density at radius 3 is 2.56 bits per heavy atom. The van der Waals surface area contributed by atoms with Gasteiger partial charge in [-0.2, -0.15) is 10.1 Å². The topological polar surface area (TPSA) is 84.1 Å². The van der Waals surface area contributed by atoms with Gasteiger partial charge in [-0.1, -0.05) is 19.0 Å². The van der Waals surface area contributed by atoms with E-state index in [-0.39, 0.29) is 6.04 Å². The van der Waals surface area contributed by atoms with Gasteiger partial charge in [-0.05, 0) is 32.7 Å². The minimum absolute atomic E-state index is 0.0632. The number of likely N-dealkylation sites (N-methyl/N-ethyl adjacent to an activating group) is 1. The van der Waals surface area contributed by atoms with Gasteiger partial charge in [0.15, 0.2) is 5.82 Å². The standard InChI is InChI=1S/C17H25N7O/c1-4-12-13(5-2)20-21-17(18-12)24-9-8-23(3)14(10-24)16-19-15(22-25-16)11-6-7-11/h11,14H,4-10H2,1-3H3. The van der Waals surface area contributed by atoms with Crippen molar-refractivity contribution in [3.8, 4) is 0 Å². The van der Waals surface area contributed by atoms with E-state index in [9.17, 15) is 0 Å². The van der Waals surface area contributed by atoms with Crippen LogP contribution in [0.2, 0.25) is 0 Å². The van der Waals surface area contributed by atoms with E-state index >= 15 is 0 Å². The fraction of sp³-hybridized carbons (Fsp3) is 0.706. The summed E-state index contributed by atoms with van der Waals surface area (Å²) in [6.07, 6.45) is 4.08. The van der Waals surface area contributed by atoms with Crippen molar-refractivity contribution in [3.05, 3.63) is 23.1 Å². The summed E-state index contributed by atoms with van der Waals surface area (Å²) in [6, 6.07) is 0.0632. The fourth-order valence-corrected chi connectivity index (χ4v) is 3.27. The van der Waals surface area contributed by atoms with Crippen LogP contribution >= 0.6 is 0 Å². The number of hydrogen-bond acceptors (Lipinski definition) is 8. The van der Waals surface area contributed by atoms with E-state index in [4.69, 9.17) is 9.51 Å². The number of nitrogens with zero attached hydrogens (tertiary/aromatic N) is 7. The maximum absolute atomic E-state index is 5.56. The van der Waals surface area contributed by atoms with E-state index < -0.39 is 0 Å². The SMILES string of the molecule is CCc1nnc(N2CCN(C)C(c3nc(C4CC4)no3)C2)nc1CC. The van der Waals surface area contributed by atoms with Crippen LogP contribution in [0, 0.1) is 0 Å². The van der Waals surface area contributed by atoms with Crippen LogP contribution in [0.5, 0.6) is 0 Å². The van der Waals surface area contributed by atoms with Crippen molar-refractivity contribution in [2.45, 2.75) is 51.5 Å². The first-order chi connectivity index (χ1) is 12.2. The van der Waals surface area contributed by atoms with Gasteiger partial charge in [-0.25, -0.2) is 4.98 Å². The Hall–Kier alpha value is -2.09. The summed E-state index contributed by atoms with van der Waals surface area (Å²) in [5.41, 5.74) is 2.03. The molecule has 25 heavy (non-hydrogen) atoms. The van der Waals surface area contributed by atoms with Crippen LogP contribution in [-0.4, -0.2) is 56.9 Å². The van der Waals surface area contributed by atoms with Crippen molar-refractivity contribution in [3.63, 3.8) is 0 Å². The Kier molecular flexibility index (Phi) is 4.37. The molecular formula is C17H25N7O. The number of aromatic nitrogens is 5. The number of anilines is 1. The molecule has 2 fully saturated rings. The summed E-state index contributed by atoms with van der Waals surface area (Å²) in [5, 5.41) is 12.9. The summed E-state index contributed by atoms with van der Waals surface area (Å²) in [4.78, 5) is 13.8. The molecule has 1 saturated heterocycles. The molecule has 3 heterocycles. The molecule has 1 aliphatic carbocycles. The van der Waals surface area contributed by atoms with Crippen LogP contribution in [0.4, 0.5) is 5.95 Å². The zero-order valence-electron chi connectivity index (χ0n) is 15.1. The third-order valence-electron chi connectivity index (χ3n) is 5.11. The predicted molar refractivity (Wildman–Crippen MR) is 92.4 cm³/mol. The average Bonchev–Trinajstić information content (AvgIpc) is 3.39. The molecule has 8 heteroatoms. The summed E-state index contributed by atoms with van der Waals surface area (Å²) < 4.78 is 5.56.